The first-order valence-corrected chi connectivity index (χ1v) is 7.62. The molecule has 2 rings (SSSR count). The first-order valence-electron chi connectivity index (χ1n) is 7.24. The van der Waals surface area contributed by atoms with Gasteiger partial charge in [-0.15, -0.1) is 0 Å². The monoisotopic (exact) mass is 300 g/mol. The number of halogens is 2. The summed E-state index contributed by atoms with van der Waals surface area (Å²) in [4.78, 5) is 0. The maximum absolute atomic E-state index is 13.8. The smallest absolute Gasteiger partial charge is 0.126 e. The van der Waals surface area contributed by atoms with E-state index in [0.29, 0.717) is 10.6 Å². The highest BCUT2D eigenvalue weighted by Crippen LogP contribution is 2.34. The van der Waals surface area contributed by atoms with Gasteiger partial charge in [0.25, 0.3) is 0 Å². The molecule has 4 heteroatoms. The summed E-state index contributed by atoms with van der Waals surface area (Å²) in [6.07, 6.45) is 5.61. The number of benzene rings is 1. The van der Waals surface area contributed by atoms with Crippen LogP contribution < -0.4 is 0 Å². The minimum absolute atomic E-state index is 0.236. The molecule has 1 unspecified atom stereocenters. The summed E-state index contributed by atoms with van der Waals surface area (Å²) in [7, 11) is 1.64. The van der Waals surface area contributed by atoms with Crippen LogP contribution in [0.4, 0.5) is 4.39 Å². The van der Waals surface area contributed by atoms with E-state index in [2.05, 4.69) is 0 Å². The fraction of sp³-hybridized carbons (Fsp3) is 0.625. The van der Waals surface area contributed by atoms with Gasteiger partial charge in [-0.2, -0.15) is 0 Å². The van der Waals surface area contributed by atoms with Crippen molar-refractivity contribution >= 4 is 11.6 Å². The molecule has 1 fully saturated rings. The molecule has 1 saturated carbocycles. The lowest BCUT2D eigenvalue weighted by atomic mass is 9.84. The molecule has 0 spiro atoms. The first kappa shape index (κ1) is 15.7. The highest BCUT2D eigenvalue weighted by atomic mass is 35.5. The molecule has 0 radical (unpaired) electrons. The van der Waals surface area contributed by atoms with Crippen molar-refractivity contribution in [1.82, 2.24) is 0 Å². The minimum atomic E-state index is -0.710. The summed E-state index contributed by atoms with van der Waals surface area (Å²) in [6, 6.07) is 4.45. The molecular formula is C16H22ClFO2. The van der Waals surface area contributed by atoms with Crippen LogP contribution in [-0.2, 0) is 11.2 Å². The van der Waals surface area contributed by atoms with Crippen LogP contribution in [0.25, 0.3) is 0 Å². The van der Waals surface area contributed by atoms with E-state index in [1.54, 1.807) is 13.2 Å². The van der Waals surface area contributed by atoms with E-state index in [1.807, 2.05) is 0 Å². The Kier molecular flexibility index (Phi) is 5.42. The van der Waals surface area contributed by atoms with Gasteiger partial charge in [-0.1, -0.05) is 37.3 Å². The van der Waals surface area contributed by atoms with Crippen molar-refractivity contribution in [2.75, 3.05) is 7.11 Å². The summed E-state index contributed by atoms with van der Waals surface area (Å²) in [5, 5.41) is 11.1. The van der Waals surface area contributed by atoms with Gasteiger partial charge in [-0.3, -0.25) is 0 Å². The molecule has 1 aliphatic carbocycles. The molecule has 112 valence electrons. The fourth-order valence-electron chi connectivity index (χ4n) is 3.09. The van der Waals surface area contributed by atoms with E-state index in [9.17, 15) is 9.50 Å². The van der Waals surface area contributed by atoms with Crippen LogP contribution in [0.2, 0.25) is 5.02 Å². The zero-order valence-corrected chi connectivity index (χ0v) is 12.6. The van der Waals surface area contributed by atoms with Gasteiger partial charge in [-0.25, -0.2) is 4.39 Å². The molecule has 1 aromatic carbocycles. The van der Waals surface area contributed by atoms with Gasteiger partial charge >= 0.3 is 0 Å². The number of hydrogen-bond acceptors (Lipinski definition) is 2. The molecule has 1 atom stereocenters. The van der Waals surface area contributed by atoms with Gasteiger partial charge in [0, 0.05) is 18.6 Å². The lowest BCUT2D eigenvalue weighted by molar-refractivity contribution is -0.111. The number of methoxy groups -OCH3 is 1. The number of ether oxygens (including phenoxy) is 1. The lowest BCUT2D eigenvalue weighted by Gasteiger charge is -2.36. The maximum atomic E-state index is 13.8. The summed E-state index contributed by atoms with van der Waals surface area (Å²) >= 11 is 5.90. The molecular weight excluding hydrogens is 279 g/mol. The zero-order valence-electron chi connectivity index (χ0n) is 11.9. The third kappa shape index (κ3) is 3.51. The van der Waals surface area contributed by atoms with Crippen LogP contribution in [0.1, 0.15) is 44.1 Å². The van der Waals surface area contributed by atoms with Crippen molar-refractivity contribution in [2.24, 2.45) is 0 Å². The molecule has 1 aliphatic rings. The van der Waals surface area contributed by atoms with Gasteiger partial charge in [-0.05, 0) is 36.6 Å². The number of aliphatic hydroxyl groups excluding tert-OH is 1. The molecule has 0 aliphatic heterocycles. The Hall–Kier alpha value is -0.640. The predicted molar refractivity (Wildman–Crippen MR) is 78.6 cm³/mol. The lowest BCUT2D eigenvalue weighted by Crippen LogP contribution is -2.45. The standard InChI is InChI=1S/C16H22ClFO2/c1-20-16(8-4-2-3-5-9-16)15(19)11-12-10-13(17)6-7-14(12)18/h6-7,10,15,19H,2-5,8-9,11H2,1H3. The average molecular weight is 301 g/mol. The van der Waals surface area contributed by atoms with Crippen LogP contribution in [0.5, 0.6) is 0 Å². The Morgan fingerprint density at radius 3 is 2.55 bits per heavy atom. The number of aliphatic hydroxyl groups is 1. The van der Waals surface area contributed by atoms with Crippen molar-refractivity contribution in [2.45, 2.75) is 56.7 Å². The molecule has 0 saturated heterocycles. The van der Waals surface area contributed by atoms with Gasteiger partial charge < -0.3 is 9.84 Å². The molecule has 1 aromatic rings. The molecule has 0 heterocycles. The van der Waals surface area contributed by atoms with Crippen molar-refractivity contribution in [3.8, 4) is 0 Å². The molecule has 2 nitrogen and oxygen atoms in total. The Balaban J connectivity index is 2.16. The van der Waals surface area contributed by atoms with Gasteiger partial charge in [0.05, 0.1) is 11.7 Å². The molecule has 1 N–H and O–H groups in total. The van der Waals surface area contributed by atoms with Crippen LogP contribution in [-0.4, -0.2) is 23.9 Å². The number of hydrogen-bond donors (Lipinski definition) is 1. The third-order valence-electron chi connectivity index (χ3n) is 4.38. The van der Waals surface area contributed by atoms with Crippen molar-refractivity contribution < 1.29 is 14.2 Å². The fourth-order valence-corrected chi connectivity index (χ4v) is 3.29. The largest absolute Gasteiger partial charge is 0.390 e. The highest BCUT2D eigenvalue weighted by Gasteiger charge is 2.38. The van der Waals surface area contributed by atoms with Crippen LogP contribution in [0, 0.1) is 5.82 Å². The van der Waals surface area contributed by atoms with E-state index in [0.717, 1.165) is 25.7 Å². The van der Waals surface area contributed by atoms with Crippen LogP contribution in [0.15, 0.2) is 18.2 Å². The third-order valence-corrected chi connectivity index (χ3v) is 4.62. The van der Waals surface area contributed by atoms with E-state index in [1.165, 1.54) is 25.0 Å². The molecule has 0 aromatic heterocycles. The molecule has 20 heavy (non-hydrogen) atoms. The van der Waals surface area contributed by atoms with Gasteiger partial charge in [0.2, 0.25) is 0 Å². The second-order valence-corrected chi connectivity index (χ2v) is 6.08. The minimum Gasteiger partial charge on any atom is -0.390 e. The van der Waals surface area contributed by atoms with Gasteiger partial charge in [0.1, 0.15) is 5.82 Å². The first-order chi connectivity index (χ1) is 9.57. The van der Waals surface area contributed by atoms with E-state index < -0.39 is 11.7 Å². The van der Waals surface area contributed by atoms with Crippen LogP contribution in [0.3, 0.4) is 0 Å². The van der Waals surface area contributed by atoms with Crippen molar-refractivity contribution in [1.29, 1.82) is 0 Å². The Morgan fingerprint density at radius 2 is 1.95 bits per heavy atom. The summed E-state index contributed by atoms with van der Waals surface area (Å²) in [5.41, 5.74) is -0.101. The topological polar surface area (TPSA) is 29.5 Å². The maximum Gasteiger partial charge on any atom is 0.126 e. The second kappa shape index (κ2) is 6.88. The van der Waals surface area contributed by atoms with Crippen LogP contribution >= 0.6 is 11.6 Å². The predicted octanol–water partition coefficient (Wildman–Crippen LogP) is 4.12. The summed E-state index contributed by atoms with van der Waals surface area (Å²) in [5.74, 6) is -0.326. The van der Waals surface area contributed by atoms with E-state index in [-0.39, 0.29) is 12.2 Å². The quantitative estimate of drug-likeness (QED) is 0.848. The van der Waals surface area contributed by atoms with Crippen molar-refractivity contribution in [3.63, 3.8) is 0 Å². The molecule has 0 bridgehead atoms. The summed E-state index contributed by atoms with van der Waals surface area (Å²) in [6.45, 7) is 0. The SMILES string of the molecule is COC1(C(O)Cc2cc(Cl)ccc2F)CCCCCC1. The van der Waals surface area contributed by atoms with Gasteiger partial charge in [0.15, 0.2) is 0 Å². The average Bonchev–Trinajstić information content (AvgIpc) is 2.69. The second-order valence-electron chi connectivity index (χ2n) is 5.64. The summed E-state index contributed by atoms with van der Waals surface area (Å²) < 4.78 is 19.5. The zero-order chi connectivity index (χ0) is 14.6. The molecule has 0 amide bonds. The van der Waals surface area contributed by atoms with E-state index >= 15 is 0 Å². The normalized spacial score (nSPS) is 20.4. The number of rotatable bonds is 4. The Bertz CT molecular complexity index is 442. The van der Waals surface area contributed by atoms with E-state index in [4.69, 9.17) is 16.3 Å². The Labute approximate surface area is 124 Å². The Morgan fingerprint density at radius 1 is 1.30 bits per heavy atom. The highest BCUT2D eigenvalue weighted by molar-refractivity contribution is 6.30. The van der Waals surface area contributed by atoms with Crippen molar-refractivity contribution in [3.05, 3.63) is 34.6 Å².